The van der Waals surface area contributed by atoms with Crippen LogP contribution >= 0.6 is 11.6 Å². The Labute approximate surface area is 166 Å². The predicted octanol–water partition coefficient (Wildman–Crippen LogP) is 3.55. The predicted molar refractivity (Wildman–Crippen MR) is 108 cm³/mol. The molecule has 0 saturated carbocycles. The number of hydrogen-bond acceptors (Lipinski definition) is 5. The Kier molecular flexibility index (Phi) is 6.47. The van der Waals surface area contributed by atoms with E-state index < -0.39 is 0 Å². The number of benzene rings is 2. The highest BCUT2D eigenvalue weighted by molar-refractivity contribution is 6.30. The zero-order valence-corrected chi connectivity index (χ0v) is 17.0. The van der Waals surface area contributed by atoms with Gasteiger partial charge < -0.3 is 19.5 Å². The molecule has 3 rings (SSSR count). The van der Waals surface area contributed by atoms with E-state index >= 15 is 0 Å². The van der Waals surface area contributed by atoms with Gasteiger partial charge >= 0.3 is 0 Å². The van der Waals surface area contributed by atoms with Gasteiger partial charge in [0.2, 0.25) is 5.75 Å². The number of nitrogens with one attached hydrogen (secondary N) is 1. The van der Waals surface area contributed by atoms with Crippen LogP contribution in [0.5, 0.6) is 17.2 Å². The summed E-state index contributed by atoms with van der Waals surface area (Å²) in [7, 11) is 6.93. The lowest BCUT2D eigenvalue weighted by Crippen LogP contribution is -2.32. The maximum atomic E-state index is 6.05. The number of likely N-dealkylation sites (N-methyl/N-ethyl adjacent to an activating group) is 1. The zero-order valence-electron chi connectivity index (χ0n) is 16.3. The van der Waals surface area contributed by atoms with Crippen molar-refractivity contribution in [1.82, 2.24) is 10.2 Å². The molecule has 6 heteroatoms. The second-order valence-corrected chi connectivity index (χ2v) is 7.22. The maximum absolute atomic E-state index is 6.05. The molecule has 1 saturated heterocycles. The first-order chi connectivity index (χ1) is 13.1. The first-order valence-electron chi connectivity index (χ1n) is 9.03. The van der Waals surface area contributed by atoms with Crippen LogP contribution in [-0.2, 0) is 6.54 Å². The van der Waals surface area contributed by atoms with Gasteiger partial charge in [0.05, 0.1) is 21.3 Å². The van der Waals surface area contributed by atoms with Crippen LogP contribution in [-0.4, -0.2) is 52.4 Å². The molecular formula is C21H27ClN2O3. The fraction of sp³-hybridized carbons (Fsp3) is 0.429. The first-order valence-corrected chi connectivity index (χ1v) is 9.41. The van der Waals surface area contributed by atoms with Crippen molar-refractivity contribution in [3.63, 3.8) is 0 Å². The summed E-state index contributed by atoms with van der Waals surface area (Å²) in [4.78, 5) is 2.45. The van der Waals surface area contributed by atoms with Crippen molar-refractivity contribution in [3.05, 3.63) is 52.5 Å². The summed E-state index contributed by atoms with van der Waals surface area (Å²) in [6.07, 6.45) is 0. The number of hydrogen-bond donors (Lipinski definition) is 1. The molecular weight excluding hydrogens is 364 g/mol. The van der Waals surface area contributed by atoms with Gasteiger partial charge in [0, 0.05) is 36.6 Å². The van der Waals surface area contributed by atoms with E-state index in [2.05, 4.69) is 22.3 Å². The lowest BCUT2D eigenvalue weighted by Gasteiger charge is -2.19. The Balaban J connectivity index is 1.79. The molecule has 2 aromatic carbocycles. The van der Waals surface area contributed by atoms with Crippen LogP contribution in [0.15, 0.2) is 36.4 Å². The van der Waals surface area contributed by atoms with Crippen LogP contribution < -0.4 is 19.5 Å². The molecule has 2 atom stereocenters. The third-order valence-electron chi connectivity index (χ3n) is 5.20. The van der Waals surface area contributed by atoms with Crippen LogP contribution in [0.1, 0.15) is 17.0 Å². The smallest absolute Gasteiger partial charge is 0.203 e. The lowest BCUT2D eigenvalue weighted by molar-refractivity contribution is 0.309. The Bertz CT molecular complexity index is 742. The van der Waals surface area contributed by atoms with E-state index in [1.165, 1.54) is 5.56 Å². The molecule has 0 spiro atoms. The molecule has 1 N–H and O–H groups in total. The third kappa shape index (κ3) is 4.32. The summed E-state index contributed by atoms with van der Waals surface area (Å²) in [5, 5.41) is 4.23. The fourth-order valence-electron chi connectivity index (χ4n) is 3.84. The molecule has 0 amide bonds. The second kappa shape index (κ2) is 8.83. The molecule has 1 aliphatic rings. The van der Waals surface area contributed by atoms with E-state index in [-0.39, 0.29) is 0 Å². The van der Waals surface area contributed by atoms with E-state index in [4.69, 9.17) is 25.8 Å². The van der Waals surface area contributed by atoms with Gasteiger partial charge in [-0.15, -0.1) is 0 Å². The summed E-state index contributed by atoms with van der Waals surface area (Å²) in [6.45, 7) is 2.77. The van der Waals surface area contributed by atoms with Crippen LogP contribution in [0.25, 0.3) is 0 Å². The summed E-state index contributed by atoms with van der Waals surface area (Å²) >= 11 is 6.05. The van der Waals surface area contributed by atoms with Gasteiger partial charge in [-0.05, 0) is 42.4 Å². The maximum Gasteiger partial charge on any atom is 0.203 e. The number of likely N-dealkylation sites (tertiary alicyclic amines) is 1. The topological polar surface area (TPSA) is 43.0 Å². The van der Waals surface area contributed by atoms with Crippen molar-refractivity contribution >= 4 is 11.6 Å². The van der Waals surface area contributed by atoms with Gasteiger partial charge in [-0.2, -0.15) is 0 Å². The number of ether oxygens (including phenoxy) is 3. The van der Waals surface area contributed by atoms with Crippen LogP contribution in [0, 0.1) is 0 Å². The SMILES string of the molecule is CNC1CN(Cc2cc(OC)c(OC)c(OC)c2)CC1c1ccc(Cl)cc1. The van der Waals surface area contributed by atoms with Gasteiger partial charge in [0.15, 0.2) is 11.5 Å². The molecule has 2 unspecified atom stereocenters. The molecule has 1 aliphatic heterocycles. The molecule has 1 fully saturated rings. The number of nitrogens with zero attached hydrogens (tertiary/aromatic N) is 1. The van der Waals surface area contributed by atoms with Crippen LogP contribution in [0.3, 0.4) is 0 Å². The van der Waals surface area contributed by atoms with E-state index in [1.54, 1.807) is 21.3 Å². The number of methoxy groups -OCH3 is 3. The minimum atomic E-state index is 0.396. The van der Waals surface area contributed by atoms with Crippen molar-refractivity contribution in [2.45, 2.75) is 18.5 Å². The molecule has 1 heterocycles. The molecule has 5 nitrogen and oxygen atoms in total. The number of rotatable bonds is 7. The fourth-order valence-corrected chi connectivity index (χ4v) is 3.97. The molecule has 0 aromatic heterocycles. The van der Waals surface area contributed by atoms with Crippen molar-refractivity contribution in [2.75, 3.05) is 41.5 Å². The monoisotopic (exact) mass is 390 g/mol. The zero-order chi connectivity index (χ0) is 19.4. The van der Waals surface area contributed by atoms with Gasteiger partial charge in [-0.1, -0.05) is 23.7 Å². The normalized spacial score (nSPS) is 19.9. The average Bonchev–Trinajstić information content (AvgIpc) is 3.10. The Morgan fingerprint density at radius 3 is 2.15 bits per heavy atom. The molecule has 0 radical (unpaired) electrons. The Hall–Kier alpha value is -1.95. The molecule has 2 aromatic rings. The summed E-state index contributed by atoms with van der Waals surface area (Å²) in [5.41, 5.74) is 2.45. The highest BCUT2D eigenvalue weighted by atomic mass is 35.5. The van der Waals surface area contributed by atoms with Crippen LogP contribution in [0.4, 0.5) is 0 Å². The van der Waals surface area contributed by atoms with Gasteiger partial charge in [-0.3, -0.25) is 4.90 Å². The summed E-state index contributed by atoms with van der Waals surface area (Å²) in [6, 6.07) is 12.6. The largest absolute Gasteiger partial charge is 0.493 e. The van der Waals surface area contributed by atoms with Crippen molar-refractivity contribution < 1.29 is 14.2 Å². The number of halogens is 1. The minimum absolute atomic E-state index is 0.396. The van der Waals surface area contributed by atoms with E-state index in [0.717, 1.165) is 30.2 Å². The second-order valence-electron chi connectivity index (χ2n) is 6.78. The molecule has 0 bridgehead atoms. The molecule has 146 valence electrons. The minimum Gasteiger partial charge on any atom is -0.493 e. The standard InChI is InChI=1S/C21H27ClN2O3/c1-23-18-13-24(12-17(18)15-5-7-16(22)8-6-15)11-14-9-19(25-2)21(27-4)20(10-14)26-3/h5-10,17-18,23H,11-13H2,1-4H3. The average molecular weight is 391 g/mol. The van der Waals surface area contributed by atoms with Crippen molar-refractivity contribution in [1.29, 1.82) is 0 Å². The van der Waals surface area contributed by atoms with Crippen molar-refractivity contribution in [3.8, 4) is 17.2 Å². The van der Waals surface area contributed by atoms with E-state index in [0.29, 0.717) is 29.2 Å². The highest BCUT2D eigenvalue weighted by Crippen LogP contribution is 2.39. The summed E-state index contributed by atoms with van der Waals surface area (Å²) < 4.78 is 16.4. The molecule has 27 heavy (non-hydrogen) atoms. The molecule has 0 aliphatic carbocycles. The van der Waals surface area contributed by atoms with Gasteiger partial charge in [-0.25, -0.2) is 0 Å². The quantitative estimate of drug-likeness (QED) is 0.783. The van der Waals surface area contributed by atoms with Gasteiger partial charge in [0.1, 0.15) is 0 Å². The third-order valence-corrected chi connectivity index (χ3v) is 5.45. The van der Waals surface area contributed by atoms with Crippen LogP contribution in [0.2, 0.25) is 5.02 Å². The van der Waals surface area contributed by atoms with Crippen molar-refractivity contribution in [2.24, 2.45) is 0 Å². The van der Waals surface area contributed by atoms with Gasteiger partial charge in [0.25, 0.3) is 0 Å². The Morgan fingerprint density at radius 2 is 1.63 bits per heavy atom. The Morgan fingerprint density at radius 1 is 1.00 bits per heavy atom. The lowest BCUT2D eigenvalue weighted by atomic mass is 9.94. The van der Waals surface area contributed by atoms with E-state index in [1.807, 2.05) is 31.3 Å². The first kappa shape index (κ1) is 19.8. The highest BCUT2D eigenvalue weighted by Gasteiger charge is 2.33. The summed E-state index contributed by atoms with van der Waals surface area (Å²) in [5.74, 6) is 2.42. The van der Waals surface area contributed by atoms with E-state index in [9.17, 15) is 0 Å².